The summed E-state index contributed by atoms with van der Waals surface area (Å²) in [5.74, 6) is 0.802. The average Bonchev–Trinajstić information content (AvgIpc) is 3.38. The van der Waals surface area contributed by atoms with Gasteiger partial charge in [-0.2, -0.15) is 0 Å². The van der Waals surface area contributed by atoms with Crippen LogP contribution in [0.2, 0.25) is 0 Å². The highest BCUT2D eigenvalue weighted by atomic mass is 32.1. The zero-order valence-electron chi connectivity index (χ0n) is 18.7. The number of anilines is 2. The zero-order valence-corrected chi connectivity index (χ0v) is 19.5. The molecule has 4 rings (SSSR count). The van der Waals surface area contributed by atoms with Crippen molar-refractivity contribution in [3.63, 3.8) is 0 Å². The van der Waals surface area contributed by atoms with Crippen molar-refractivity contribution in [1.82, 2.24) is 9.38 Å². The number of hydrogen-bond donors (Lipinski definition) is 1. The minimum absolute atomic E-state index is 0.0448. The Morgan fingerprint density at radius 1 is 1.06 bits per heavy atom. The zero-order chi connectivity index (χ0) is 22.5. The number of hydrogen-bond acceptors (Lipinski definition) is 5. The molecule has 6 nitrogen and oxygen atoms in total. The molecule has 1 amide bonds. The number of nitrogens with zero attached hydrogens (tertiary/aromatic N) is 3. The molecule has 0 aliphatic rings. The number of fused-ring (bicyclic) bond motifs is 1. The predicted molar refractivity (Wildman–Crippen MR) is 132 cm³/mol. The normalized spacial score (nSPS) is 11.0. The van der Waals surface area contributed by atoms with Gasteiger partial charge >= 0.3 is 0 Å². The molecule has 0 aliphatic heterocycles. The molecule has 0 aliphatic carbocycles. The molecule has 0 spiro atoms. The highest BCUT2D eigenvalue weighted by Crippen LogP contribution is 2.26. The third kappa shape index (κ3) is 4.78. The molecule has 0 atom stereocenters. The Morgan fingerprint density at radius 2 is 1.78 bits per heavy atom. The number of ether oxygens (including phenoxy) is 1. The fourth-order valence-corrected chi connectivity index (χ4v) is 4.57. The van der Waals surface area contributed by atoms with Crippen LogP contribution in [-0.2, 0) is 11.2 Å². The molecule has 7 heteroatoms. The van der Waals surface area contributed by atoms with Gasteiger partial charge in [0.05, 0.1) is 18.7 Å². The lowest BCUT2D eigenvalue weighted by Crippen LogP contribution is -2.21. The molecule has 2 aromatic carbocycles. The first-order chi connectivity index (χ1) is 15.6. The highest BCUT2D eigenvalue weighted by molar-refractivity contribution is 7.15. The molecule has 2 heterocycles. The number of carbonyl (C=O) groups excluding carboxylic acids is 1. The van der Waals surface area contributed by atoms with E-state index in [0.717, 1.165) is 52.1 Å². The summed E-state index contributed by atoms with van der Waals surface area (Å²) in [6.07, 6.45) is 2.28. The van der Waals surface area contributed by atoms with Gasteiger partial charge in [-0.05, 0) is 69.3 Å². The number of benzene rings is 2. The van der Waals surface area contributed by atoms with Crippen LogP contribution in [0.1, 0.15) is 26.5 Å². The molecule has 0 fully saturated rings. The van der Waals surface area contributed by atoms with E-state index in [-0.39, 0.29) is 12.3 Å². The lowest BCUT2D eigenvalue weighted by atomic mass is 10.1. The fourth-order valence-electron chi connectivity index (χ4n) is 3.70. The Morgan fingerprint density at radius 3 is 2.44 bits per heavy atom. The second kappa shape index (κ2) is 9.87. The molecule has 1 N–H and O–H groups in total. The molecular formula is C25H28N4O2S. The van der Waals surface area contributed by atoms with E-state index >= 15 is 0 Å². The minimum atomic E-state index is -0.0448. The fraction of sp³-hybridized carbons (Fsp3) is 0.280. The summed E-state index contributed by atoms with van der Waals surface area (Å²) in [4.78, 5) is 20.5. The standard InChI is InChI=1S/C25H28N4O2S/c1-4-28(5-2)20-11-9-19(10-12-20)26-24(30)15-21-17-32-25-27-23(16-29(21)25)18-7-13-22(14-8-18)31-6-3/h7-14,16-17H,4-6,15H2,1-3H3,(H,26,30). The molecule has 32 heavy (non-hydrogen) atoms. The number of aromatic nitrogens is 2. The number of amides is 1. The van der Waals surface area contributed by atoms with E-state index in [9.17, 15) is 4.79 Å². The molecule has 0 radical (unpaired) electrons. The van der Waals surface area contributed by atoms with Crippen molar-refractivity contribution in [1.29, 1.82) is 0 Å². The van der Waals surface area contributed by atoms with Crippen molar-refractivity contribution in [2.24, 2.45) is 0 Å². The maximum absolute atomic E-state index is 12.7. The lowest BCUT2D eigenvalue weighted by molar-refractivity contribution is -0.115. The van der Waals surface area contributed by atoms with Gasteiger partial charge in [0.1, 0.15) is 5.75 Å². The Kier molecular flexibility index (Phi) is 6.75. The van der Waals surface area contributed by atoms with Crippen LogP contribution in [0, 0.1) is 0 Å². The summed E-state index contributed by atoms with van der Waals surface area (Å²) in [6.45, 7) is 8.80. The first-order valence-electron chi connectivity index (χ1n) is 10.9. The Bertz CT molecular complexity index is 1180. The number of nitrogens with one attached hydrogen (secondary N) is 1. The summed E-state index contributed by atoms with van der Waals surface area (Å²) in [6, 6.07) is 15.9. The predicted octanol–water partition coefficient (Wildman–Crippen LogP) is 5.49. The van der Waals surface area contributed by atoms with Crippen LogP contribution in [-0.4, -0.2) is 35.0 Å². The summed E-state index contributed by atoms with van der Waals surface area (Å²) >= 11 is 1.54. The molecule has 0 saturated heterocycles. The number of rotatable bonds is 9. The number of imidazole rings is 1. The molecule has 166 valence electrons. The van der Waals surface area contributed by atoms with Crippen molar-refractivity contribution in [3.05, 3.63) is 65.8 Å². The van der Waals surface area contributed by atoms with Gasteiger partial charge in [-0.3, -0.25) is 9.20 Å². The molecular weight excluding hydrogens is 420 g/mol. The molecule has 0 unspecified atom stereocenters. The maximum atomic E-state index is 12.7. The summed E-state index contributed by atoms with van der Waals surface area (Å²) in [5, 5.41) is 5.00. The van der Waals surface area contributed by atoms with Gasteiger partial charge in [0.2, 0.25) is 5.91 Å². The first-order valence-corrected chi connectivity index (χ1v) is 11.8. The van der Waals surface area contributed by atoms with E-state index in [1.807, 2.05) is 71.4 Å². The Hall–Kier alpha value is -3.32. The van der Waals surface area contributed by atoms with Crippen LogP contribution in [0.25, 0.3) is 16.2 Å². The summed E-state index contributed by atoms with van der Waals surface area (Å²) in [7, 11) is 0. The van der Waals surface area contributed by atoms with E-state index in [1.54, 1.807) is 11.3 Å². The lowest BCUT2D eigenvalue weighted by Gasteiger charge is -2.21. The molecule has 0 saturated carbocycles. The maximum Gasteiger partial charge on any atom is 0.230 e. The number of carbonyl (C=O) groups is 1. The minimum Gasteiger partial charge on any atom is -0.494 e. The van der Waals surface area contributed by atoms with Gasteiger partial charge in [-0.1, -0.05) is 0 Å². The van der Waals surface area contributed by atoms with Gasteiger partial charge in [-0.15, -0.1) is 11.3 Å². The largest absolute Gasteiger partial charge is 0.494 e. The van der Waals surface area contributed by atoms with Crippen LogP contribution in [0.15, 0.2) is 60.1 Å². The summed E-state index contributed by atoms with van der Waals surface area (Å²) in [5.41, 5.74) is 4.79. The van der Waals surface area contributed by atoms with Crippen molar-refractivity contribution in [2.45, 2.75) is 27.2 Å². The molecule has 0 bridgehead atoms. The van der Waals surface area contributed by atoms with Crippen LogP contribution in [0.5, 0.6) is 5.75 Å². The van der Waals surface area contributed by atoms with E-state index in [1.165, 1.54) is 0 Å². The van der Waals surface area contributed by atoms with Crippen LogP contribution < -0.4 is 15.0 Å². The van der Waals surface area contributed by atoms with Gasteiger partial charge in [0, 0.05) is 47.3 Å². The summed E-state index contributed by atoms with van der Waals surface area (Å²) < 4.78 is 7.51. The van der Waals surface area contributed by atoms with Gasteiger partial charge in [-0.25, -0.2) is 4.98 Å². The number of thiazole rings is 1. The average molecular weight is 449 g/mol. The van der Waals surface area contributed by atoms with Crippen molar-refractivity contribution in [2.75, 3.05) is 29.9 Å². The van der Waals surface area contributed by atoms with Gasteiger partial charge < -0.3 is 15.0 Å². The van der Waals surface area contributed by atoms with E-state index in [0.29, 0.717) is 6.61 Å². The van der Waals surface area contributed by atoms with Crippen molar-refractivity contribution >= 4 is 33.6 Å². The smallest absolute Gasteiger partial charge is 0.230 e. The second-order valence-corrected chi connectivity index (χ2v) is 8.24. The second-order valence-electron chi connectivity index (χ2n) is 7.41. The van der Waals surface area contributed by atoms with Crippen LogP contribution in [0.4, 0.5) is 11.4 Å². The van der Waals surface area contributed by atoms with Gasteiger partial charge in [0.25, 0.3) is 0 Å². The molecule has 2 aromatic heterocycles. The van der Waals surface area contributed by atoms with Crippen LogP contribution in [0.3, 0.4) is 0 Å². The van der Waals surface area contributed by atoms with Gasteiger partial charge in [0.15, 0.2) is 4.96 Å². The van der Waals surface area contributed by atoms with Crippen molar-refractivity contribution in [3.8, 4) is 17.0 Å². The first kappa shape index (κ1) is 21.9. The van der Waals surface area contributed by atoms with E-state index in [2.05, 4.69) is 24.1 Å². The third-order valence-corrected chi connectivity index (χ3v) is 6.25. The van der Waals surface area contributed by atoms with E-state index in [4.69, 9.17) is 9.72 Å². The van der Waals surface area contributed by atoms with Crippen LogP contribution >= 0.6 is 11.3 Å². The Balaban J connectivity index is 1.44. The van der Waals surface area contributed by atoms with E-state index < -0.39 is 0 Å². The SMILES string of the molecule is CCOc1ccc(-c2cn3c(CC(=O)Nc4ccc(N(CC)CC)cc4)csc3n2)cc1. The van der Waals surface area contributed by atoms with Crippen molar-refractivity contribution < 1.29 is 9.53 Å². The third-order valence-electron chi connectivity index (χ3n) is 5.37. The quantitative estimate of drug-likeness (QED) is 0.368. The topological polar surface area (TPSA) is 58.9 Å². The molecule has 4 aromatic rings. The Labute approximate surface area is 192 Å². The monoisotopic (exact) mass is 448 g/mol. The highest BCUT2D eigenvalue weighted by Gasteiger charge is 2.13.